The van der Waals surface area contributed by atoms with Crippen LogP contribution in [0.25, 0.3) is 10.2 Å². The number of hydrogen-bond acceptors (Lipinski definition) is 9. The molecule has 0 unspecified atom stereocenters. The van der Waals surface area contributed by atoms with Crippen LogP contribution in [0.5, 0.6) is 5.75 Å². The molecule has 3 aromatic rings. The fourth-order valence-electron chi connectivity index (χ4n) is 2.79. The van der Waals surface area contributed by atoms with Crippen LogP contribution in [0.4, 0.5) is 5.69 Å². The summed E-state index contributed by atoms with van der Waals surface area (Å²) in [6.45, 7) is 5.60. The Labute approximate surface area is 184 Å². The SMILES string of the molecule is CC#CCOc1ccc(S(=O)(=O)CNc2c(C(=O)OCC)cnc3snc(C)c23)cc1. The molecule has 0 atom stereocenters. The fraction of sp³-hybridized carbons (Fsp3) is 0.286. The minimum absolute atomic E-state index is 0.122. The van der Waals surface area contributed by atoms with Crippen LogP contribution >= 0.6 is 11.5 Å². The van der Waals surface area contributed by atoms with Gasteiger partial charge in [-0.3, -0.25) is 0 Å². The lowest BCUT2D eigenvalue weighted by atomic mass is 10.1. The molecule has 0 aliphatic rings. The number of fused-ring (bicyclic) bond motifs is 1. The number of nitrogens with one attached hydrogen (secondary N) is 1. The van der Waals surface area contributed by atoms with Crippen molar-refractivity contribution in [1.82, 2.24) is 9.36 Å². The van der Waals surface area contributed by atoms with E-state index >= 15 is 0 Å². The molecule has 0 saturated carbocycles. The van der Waals surface area contributed by atoms with Crippen molar-refractivity contribution in [3.05, 3.63) is 41.7 Å². The number of aryl methyl sites for hydroxylation is 1. The molecule has 162 valence electrons. The predicted molar refractivity (Wildman–Crippen MR) is 119 cm³/mol. The molecular formula is C21H21N3O5S2. The predicted octanol–water partition coefficient (Wildman–Crippen LogP) is 3.42. The number of nitrogens with zero attached hydrogens (tertiary/aromatic N) is 2. The lowest BCUT2D eigenvalue weighted by Gasteiger charge is -2.13. The van der Waals surface area contributed by atoms with E-state index in [9.17, 15) is 13.2 Å². The third-order valence-corrected chi connectivity index (χ3v) is 6.64. The van der Waals surface area contributed by atoms with E-state index in [4.69, 9.17) is 9.47 Å². The molecule has 0 saturated heterocycles. The van der Waals surface area contributed by atoms with Crippen molar-refractivity contribution in [2.45, 2.75) is 25.7 Å². The maximum absolute atomic E-state index is 12.9. The molecule has 31 heavy (non-hydrogen) atoms. The lowest BCUT2D eigenvalue weighted by molar-refractivity contribution is 0.0527. The second-order valence-corrected chi connectivity index (χ2v) is 9.08. The first-order valence-electron chi connectivity index (χ1n) is 9.38. The van der Waals surface area contributed by atoms with E-state index in [1.54, 1.807) is 32.9 Å². The summed E-state index contributed by atoms with van der Waals surface area (Å²) in [5.74, 6) is 5.01. The summed E-state index contributed by atoms with van der Waals surface area (Å²) in [5.41, 5.74) is 1.15. The Morgan fingerprint density at radius 2 is 2.00 bits per heavy atom. The third kappa shape index (κ3) is 5.13. The molecule has 2 heterocycles. The van der Waals surface area contributed by atoms with Gasteiger partial charge in [0.25, 0.3) is 0 Å². The van der Waals surface area contributed by atoms with Gasteiger partial charge in [-0.2, -0.15) is 4.37 Å². The summed E-state index contributed by atoms with van der Waals surface area (Å²) in [4.78, 5) is 17.4. The van der Waals surface area contributed by atoms with Crippen molar-refractivity contribution < 1.29 is 22.7 Å². The smallest absolute Gasteiger partial charge is 0.341 e. The van der Waals surface area contributed by atoms with Gasteiger partial charge in [0.1, 0.15) is 28.6 Å². The summed E-state index contributed by atoms with van der Waals surface area (Å²) in [6.07, 6.45) is 1.37. The minimum Gasteiger partial charge on any atom is -0.481 e. The van der Waals surface area contributed by atoms with Crippen LogP contribution in [0.15, 0.2) is 35.4 Å². The van der Waals surface area contributed by atoms with Gasteiger partial charge in [-0.15, -0.1) is 5.92 Å². The topological polar surface area (TPSA) is 107 Å². The van der Waals surface area contributed by atoms with E-state index < -0.39 is 21.7 Å². The van der Waals surface area contributed by atoms with Gasteiger partial charge in [-0.1, -0.05) is 5.92 Å². The molecule has 2 aromatic heterocycles. The Hall–Kier alpha value is -3.16. The van der Waals surface area contributed by atoms with E-state index in [2.05, 4.69) is 26.5 Å². The summed E-state index contributed by atoms with van der Waals surface area (Å²) >= 11 is 1.18. The van der Waals surface area contributed by atoms with Crippen molar-refractivity contribution >= 4 is 43.2 Å². The number of rotatable bonds is 8. The van der Waals surface area contributed by atoms with Crippen LogP contribution in [0.1, 0.15) is 29.9 Å². The van der Waals surface area contributed by atoms with Crippen LogP contribution in [-0.2, 0) is 14.6 Å². The van der Waals surface area contributed by atoms with E-state index in [-0.39, 0.29) is 23.7 Å². The average molecular weight is 460 g/mol. The van der Waals surface area contributed by atoms with Gasteiger partial charge in [-0.25, -0.2) is 18.2 Å². The highest BCUT2D eigenvalue weighted by Gasteiger charge is 2.22. The molecule has 0 spiro atoms. The van der Waals surface area contributed by atoms with Crippen LogP contribution in [0, 0.1) is 18.8 Å². The Morgan fingerprint density at radius 1 is 1.26 bits per heavy atom. The molecule has 0 fully saturated rings. The number of anilines is 1. The number of carbonyl (C=O) groups is 1. The summed E-state index contributed by atoms with van der Waals surface area (Å²) in [5, 5.41) is 3.51. The molecular weight excluding hydrogens is 438 g/mol. The van der Waals surface area contributed by atoms with E-state index in [1.165, 1.54) is 29.9 Å². The number of sulfone groups is 1. The summed E-state index contributed by atoms with van der Waals surface area (Å²) in [7, 11) is -3.70. The standard InChI is InChI=1S/C21H21N3O5S2/c1-4-6-11-29-15-7-9-16(10-8-15)31(26,27)13-23-19-17(21(25)28-5-2)12-22-20-18(19)14(3)24-30-20/h7-10,12H,5,11,13H2,1-3H3,(H,22,23). The zero-order valence-corrected chi connectivity index (χ0v) is 18.9. The number of hydrogen-bond donors (Lipinski definition) is 1. The number of carbonyl (C=O) groups excluding carboxylic acids is 1. The van der Waals surface area contributed by atoms with E-state index in [1.807, 2.05) is 0 Å². The Kier molecular flexibility index (Phi) is 7.09. The molecule has 0 aliphatic heterocycles. The van der Waals surface area contributed by atoms with Crippen LogP contribution < -0.4 is 10.1 Å². The third-order valence-electron chi connectivity index (χ3n) is 4.28. The number of benzene rings is 1. The van der Waals surface area contributed by atoms with Crippen molar-refractivity contribution in [3.63, 3.8) is 0 Å². The monoisotopic (exact) mass is 459 g/mol. The zero-order chi connectivity index (χ0) is 22.4. The fourth-order valence-corrected chi connectivity index (χ4v) is 4.60. The molecule has 3 rings (SSSR count). The first-order valence-corrected chi connectivity index (χ1v) is 11.8. The maximum Gasteiger partial charge on any atom is 0.341 e. The van der Waals surface area contributed by atoms with Gasteiger partial charge < -0.3 is 14.8 Å². The maximum atomic E-state index is 12.9. The quantitative estimate of drug-likeness (QED) is 0.403. The molecule has 0 aliphatic carbocycles. The highest BCUT2D eigenvalue weighted by atomic mass is 32.2. The lowest BCUT2D eigenvalue weighted by Crippen LogP contribution is -2.18. The molecule has 10 heteroatoms. The van der Waals surface area contributed by atoms with Gasteiger partial charge >= 0.3 is 5.97 Å². The molecule has 0 amide bonds. The Balaban J connectivity index is 1.87. The van der Waals surface area contributed by atoms with Crippen molar-refractivity contribution in [3.8, 4) is 17.6 Å². The van der Waals surface area contributed by atoms with Gasteiger partial charge in [0.05, 0.1) is 28.3 Å². The summed E-state index contributed by atoms with van der Waals surface area (Å²) < 4.78 is 40.5. The highest BCUT2D eigenvalue weighted by Crippen LogP contribution is 2.32. The number of aromatic nitrogens is 2. The molecule has 0 bridgehead atoms. The highest BCUT2D eigenvalue weighted by molar-refractivity contribution is 7.91. The van der Waals surface area contributed by atoms with E-state index in [0.717, 1.165) is 0 Å². The zero-order valence-electron chi connectivity index (χ0n) is 17.3. The van der Waals surface area contributed by atoms with Gasteiger partial charge in [-0.05, 0) is 56.6 Å². The number of esters is 1. The molecule has 1 N–H and O–H groups in total. The van der Waals surface area contributed by atoms with Crippen LogP contribution in [0.2, 0.25) is 0 Å². The average Bonchev–Trinajstić information content (AvgIpc) is 3.14. The number of pyridine rings is 1. The molecule has 8 nitrogen and oxygen atoms in total. The van der Waals surface area contributed by atoms with Crippen molar-refractivity contribution in [2.75, 3.05) is 24.4 Å². The first kappa shape index (κ1) is 22.5. The second kappa shape index (κ2) is 9.76. The minimum atomic E-state index is -3.70. The molecule has 1 aromatic carbocycles. The van der Waals surface area contributed by atoms with E-state index in [0.29, 0.717) is 27.3 Å². The summed E-state index contributed by atoms with van der Waals surface area (Å²) in [6, 6.07) is 6.09. The second-order valence-electron chi connectivity index (χ2n) is 6.34. The Bertz CT molecular complexity index is 1260. The molecule has 0 radical (unpaired) electrons. The normalized spacial score (nSPS) is 10.9. The first-order chi connectivity index (χ1) is 14.9. The van der Waals surface area contributed by atoms with Crippen molar-refractivity contribution in [1.29, 1.82) is 0 Å². The Morgan fingerprint density at radius 3 is 2.68 bits per heavy atom. The van der Waals surface area contributed by atoms with Gasteiger partial charge in [0.15, 0.2) is 9.84 Å². The van der Waals surface area contributed by atoms with Gasteiger partial charge in [0, 0.05) is 6.20 Å². The van der Waals surface area contributed by atoms with Crippen LogP contribution in [0.3, 0.4) is 0 Å². The van der Waals surface area contributed by atoms with Crippen molar-refractivity contribution in [2.24, 2.45) is 0 Å². The van der Waals surface area contributed by atoms with Gasteiger partial charge in [0.2, 0.25) is 0 Å². The number of ether oxygens (including phenoxy) is 2. The van der Waals surface area contributed by atoms with Crippen LogP contribution in [-0.4, -0.2) is 42.8 Å². The largest absolute Gasteiger partial charge is 0.481 e.